The molecular formula is C11H16N2O3. The van der Waals surface area contributed by atoms with Gasteiger partial charge in [0.05, 0.1) is 0 Å². The lowest BCUT2D eigenvalue weighted by molar-refractivity contribution is -0.100. The lowest BCUT2D eigenvalue weighted by atomic mass is 9.93. The van der Waals surface area contributed by atoms with Crippen molar-refractivity contribution in [3.8, 4) is 0 Å². The van der Waals surface area contributed by atoms with Crippen LogP contribution in [0.5, 0.6) is 0 Å². The Bertz CT molecular complexity index is 421. The van der Waals surface area contributed by atoms with Gasteiger partial charge in [-0.25, -0.2) is 4.98 Å². The molecule has 5 nitrogen and oxygen atoms in total. The standard InChI is InChI=1S/C11H16N2O3/c1-8-7-9(14)13-10(12-8)11(15-2)3-5-16-6-4-11/h7H,3-6H2,1-2H3,(H,12,13,14). The van der Waals surface area contributed by atoms with Gasteiger partial charge in [0.2, 0.25) is 0 Å². The molecule has 0 saturated carbocycles. The van der Waals surface area contributed by atoms with Gasteiger partial charge >= 0.3 is 0 Å². The first-order chi connectivity index (χ1) is 7.66. The van der Waals surface area contributed by atoms with Crippen LogP contribution in [-0.2, 0) is 15.1 Å². The van der Waals surface area contributed by atoms with Crippen molar-refractivity contribution >= 4 is 0 Å². The Morgan fingerprint density at radius 2 is 2.19 bits per heavy atom. The monoisotopic (exact) mass is 224 g/mol. The second kappa shape index (κ2) is 4.35. The number of nitrogens with one attached hydrogen (secondary N) is 1. The van der Waals surface area contributed by atoms with E-state index >= 15 is 0 Å². The van der Waals surface area contributed by atoms with Gasteiger partial charge in [-0.3, -0.25) is 4.79 Å². The van der Waals surface area contributed by atoms with Crippen LogP contribution in [0.25, 0.3) is 0 Å². The number of methoxy groups -OCH3 is 1. The van der Waals surface area contributed by atoms with Crippen LogP contribution < -0.4 is 5.56 Å². The fourth-order valence-corrected chi connectivity index (χ4v) is 2.03. The fraction of sp³-hybridized carbons (Fsp3) is 0.636. The highest BCUT2D eigenvalue weighted by atomic mass is 16.5. The summed E-state index contributed by atoms with van der Waals surface area (Å²) in [6.45, 7) is 3.07. The molecule has 0 unspecified atom stereocenters. The van der Waals surface area contributed by atoms with E-state index in [0.29, 0.717) is 24.7 Å². The minimum Gasteiger partial charge on any atom is -0.381 e. The van der Waals surface area contributed by atoms with E-state index < -0.39 is 5.60 Å². The summed E-state index contributed by atoms with van der Waals surface area (Å²) < 4.78 is 10.9. The second-order valence-electron chi connectivity index (χ2n) is 4.05. The summed E-state index contributed by atoms with van der Waals surface area (Å²) in [7, 11) is 1.65. The lowest BCUT2D eigenvalue weighted by Crippen LogP contribution is -2.38. The van der Waals surface area contributed by atoms with Crippen LogP contribution in [0, 0.1) is 6.92 Å². The summed E-state index contributed by atoms with van der Waals surface area (Å²) in [5.74, 6) is 0.614. The molecule has 0 radical (unpaired) electrons. The number of aryl methyl sites for hydroxylation is 1. The highest BCUT2D eigenvalue weighted by Crippen LogP contribution is 2.32. The molecule has 1 aliphatic heterocycles. The van der Waals surface area contributed by atoms with Gasteiger partial charge in [-0.2, -0.15) is 0 Å². The van der Waals surface area contributed by atoms with Gasteiger partial charge in [0.15, 0.2) is 0 Å². The fourth-order valence-electron chi connectivity index (χ4n) is 2.03. The summed E-state index contributed by atoms with van der Waals surface area (Å²) in [5.41, 5.74) is 0.0794. The number of aromatic nitrogens is 2. The Hall–Kier alpha value is -1.20. The number of hydrogen-bond acceptors (Lipinski definition) is 4. The van der Waals surface area contributed by atoms with E-state index in [2.05, 4.69) is 9.97 Å². The molecule has 1 N–H and O–H groups in total. The highest BCUT2D eigenvalue weighted by molar-refractivity contribution is 5.08. The molecule has 88 valence electrons. The van der Waals surface area contributed by atoms with Crippen molar-refractivity contribution in [1.29, 1.82) is 0 Å². The zero-order chi connectivity index (χ0) is 11.6. The third-order valence-corrected chi connectivity index (χ3v) is 2.99. The topological polar surface area (TPSA) is 64.2 Å². The molecule has 1 saturated heterocycles. The summed E-state index contributed by atoms with van der Waals surface area (Å²) in [6, 6.07) is 1.48. The highest BCUT2D eigenvalue weighted by Gasteiger charge is 2.37. The van der Waals surface area contributed by atoms with E-state index in [0.717, 1.165) is 12.8 Å². The van der Waals surface area contributed by atoms with E-state index in [1.54, 1.807) is 14.0 Å². The number of nitrogens with zero attached hydrogens (tertiary/aromatic N) is 1. The molecule has 16 heavy (non-hydrogen) atoms. The van der Waals surface area contributed by atoms with E-state index in [-0.39, 0.29) is 5.56 Å². The molecule has 2 rings (SSSR count). The van der Waals surface area contributed by atoms with Crippen molar-refractivity contribution in [3.05, 3.63) is 27.9 Å². The van der Waals surface area contributed by atoms with Gasteiger partial charge in [-0.05, 0) is 6.92 Å². The average molecular weight is 224 g/mol. The van der Waals surface area contributed by atoms with Crippen LogP contribution >= 0.6 is 0 Å². The largest absolute Gasteiger partial charge is 0.381 e. The SMILES string of the molecule is COC1(c2nc(C)cc(=O)[nH]2)CCOCC1. The summed E-state index contributed by atoms with van der Waals surface area (Å²) in [5, 5.41) is 0. The number of hydrogen-bond donors (Lipinski definition) is 1. The maximum Gasteiger partial charge on any atom is 0.251 e. The van der Waals surface area contributed by atoms with E-state index in [1.807, 2.05) is 0 Å². The third kappa shape index (κ3) is 2.01. The smallest absolute Gasteiger partial charge is 0.251 e. The molecule has 1 aromatic heterocycles. The first kappa shape index (κ1) is 11.3. The molecule has 0 aromatic carbocycles. The number of rotatable bonds is 2. The molecule has 0 amide bonds. The van der Waals surface area contributed by atoms with Crippen molar-refractivity contribution in [2.75, 3.05) is 20.3 Å². The number of H-pyrrole nitrogens is 1. The zero-order valence-electron chi connectivity index (χ0n) is 9.58. The van der Waals surface area contributed by atoms with Crippen molar-refractivity contribution < 1.29 is 9.47 Å². The lowest BCUT2D eigenvalue weighted by Gasteiger charge is -2.34. The average Bonchev–Trinajstić information content (AvgIpc) is 2.28. The van der Waals surface area contributed by atoms with Gasteiger partial charge in [0.1, 0.15) is 11.4 Å². The number of aromatic amines is 1. The molecule has 0 aliphatic carbocycles. The molecular weight excluding hydrogens is 208 g/mol. The summed E-state index contributed by atoms with van der Waals surface area (Å²) in [6.07, 6.45) is 1.44. The van der Waals surface area contributed by atoms with Crippen LogP contribution in [-0.4, -0.2) is 30.3 Å². The van der Waals surface area contributed by atoms with Crippen LogP contribution in [0.4, 0.5) is 0 Å². The van der Waals surface area contributed by atoms with Gasteiger partial charge in [-0.15, -0.1) is 0 Å². The Morgan fingerprint density at radius 3 is 2.75 bits per heavy atom. The Balaban J connectivity index is 2.42. The zero-order valence-corrected chi connectivity index (χ0v) is 9.58. The molecule has 5 heteroatoms. The molecule has 1 fully saturated rings. The van der Waals surface area contributed by atoms with Gasteiger partial charge < -0.3 is 14.5 Å². The quantitative estimate of drug-likeness (QED) is 0.804. The summed E-state index contributed by atoms with van der Waals surface area (Å²) >= 11 is 0. The van der Waals surface area contributed by atoms with Crippen LogP contribution in [0.2, 0.25) is 0 Å². The van der Waals surface area contributed by atoms with Crippen LogP contribution in [0.3, 0.4) is 0 Å². The minimum absolute atomic E-state index is 0.134. The van der Waals surface area contributed by atoms with Crippen LogP contribution in [0.15, 0.2) is 10.9 Å². The Morgan fingerprint density at radius 1 is 1.50 bits per heavy atom. The van der Waals surface area contributed by atoms with Crippen molar-refractivity contribution in [1.82, 2.24) is 9.97 Å². The molecule has 1 aliphatic rings. The maximum absolute atomic E-state index is 11.4. The first-order valence-electron chi connectivity index (χ1n) is 5.38. The molecule has 0 bridgehead atoms. The van der Waals surface area contributed by atoms with Gasteiger partial charge in [0, 0.05) is 44.9 Å². The predicted molar refractivity (Wildman–Crippen MR) is 58.3 cm³/mol. The Kier molecular flexibility index (Phi) is 3.07. The third-order valence-electron chi connectivity index (χ3n) is 2.99. The van der Waals surface area contributed by atoms with E-state index in [9.17, 15) is 4.79 Å². The van der Waals surface area contributed by atoms with E-state index in [4.69, 9.17) is 9.47 Å². The molecule has 2 heterocycles. The van der Waals surface area contributed by atoms with E-state index in [1.165, 1.54) is 6.07 Å². The van der Waals surface area contributed by atoms with Crippen molar-refractivity contribution in [2.24, 2.45) is 0 Å². The van der Waals surface area contributed by atoms with Crippen molar-refractivity contribution in [2.45, 2.75) is 25.4 Å². The molecule has 1 aromatic rings. The van der Waals surface area contributed by atoms with Gasteiger partial charge in [-0.1, -0.05) is 0 Å². The minimum atomic E-state index is -0.497. The van der Waals surface area contributed by atoms with Crippen molar-refractivity contribution in [3.63, 3.8) is 0 Å². The van der Waals surface area contributed by atoms with Gasteiger partial charge in [0.25, 0.3) is 5.56 Å². The number of ether oxygens (including phenoxy) is 2. The maximum atomic E-state index is 11.4. The first-order valence-corrected chi connectivity index (χ1v) is 5.38. The predicted octanol–water partition coefficient (Wildman–Crippen LogP) is 0.730. The van der Waals surface area contributed by atoms with Crippen LogP contribution in [0.1, 0.15) is 24.4 Å². The second-order valence-corrected chi connectivity index (χ2v) is 4.05. The molecule has 0 atom stereocenters. The summed E-state index contributed by atoms with van der Waals surface area (Å²) in [4.78, 5) is 18.6. The normalized spacial score (nSPS) is 19.6. The Labute approximate surface area is 93.8 Å². The molecule has 0 spiro atoms.